The van der Waals surface area contributed by atoms with E-state index in [0.29, 0.717) is 31.1 Å². The largest absolute Gasteiger partial charge is 0.487 e. The fraction of sp³-hybridized carbons (Fsp3) is 0.632. The third kappa shape index (κ3) is 4.70. The zero-order valence-corrected chi connectivity index (χ0v) is 14.6. The second kappa shape index (κ2) is 7.70. The summed E-state index contributed by atoms with van der Waals surface area (Å²) in [5.41, 5.74) is -1.17. The second-order valence-corrected chi connectivity index (χ2v) is 7.28. The summed E-state index contributed by atoms with van der Waals surface area (Å²) in [6.07, 6.45) is 2.39. The van der Waals surface area contributed by atoms with Crippen LogP contribution in [0.15, 0.2) is 24.3 Å². The molecular formula is C19H26FNO4. The van der Waals surface area contributed by atoms with Crippen molar-refractivity contribution in [1.82, 2.24) is 4.90 Å². The van der Waals surface area contributed by atoms with E-state index >= 15 is 0 Å². The molecule has 3 rings (SSSR count). The van der Waals surface area contributed by atoms with Crippen LogP contribution in [0.1, 0.15) is 32.6 Å². The SMILES string of the molecule is C[C@]1(O)CN(C(=O)CC2CCOCC2)CC[C@@H]1Oc1cccc(F)c1. The van der Waals surface area contributed by atoms with Crippen LogP contribution >= 0.6 is 0 Å². The Hall–Kier alpha value is -1.66. The van der Waals surface area contributed by atoms with Crippen molar-refractivity contribution in [2.75, 3.05) is 26.3 Å². The second-order valence-electron chi connectivity index (χ2n) is 7.28. The van der Waals surface area contributed by atoms with Gasteiger partial charge in [-0.25, -0.2) is 4.39 Å². The Labute approximate surface area is 147 Å². The molecule has 2 fully saturated rings. The molecule has 1 N–H and O–H groups in total. The van der Waals surface area contributed by atoms with Crippen LogP contribution in [0.3, 0.4) is 0 Å². The monoisotopic (exact) mass is 351 g/mol. The van der Waals surface area contributed by atoms with Gasteiger partial charge >= 0.3 is 0 Å². The van der Waals surface area contributed by atoms with Crippen molar-refractivity contribution in [2.24, 2.45) is 5.92 Å². The summed E-state index contributed by atoms with van der Waals surface area (Å²) in [4.78, 5) is 14.3. The van der Waals surface area contributed by atoms with Gasteiger partial charge in [0.25, 0.3) is 0 Å². The fourth-order valence-electron chi connectivity index (χ4n) is 3.58. The molecule has 2 atom stereocenters. The number of piperidine rings is 1. The number of aliphatic hydroxyl groups is 1. The number of amides is 1. The number of benzene rings is 1. The molecule has 0 bridgehead atoms. The Kier molecular flexibility index (Phi) is 5.59. The molecule has 0 aliphatic carbocycles. The number of ether oxygens (including phenoxy) is 2. The van der Waals surface area contributed by atoms with Crippen molar-refractivity contribution >= 4 is 5.91 Å². The number of β-amino-alcohol motifs (C(OH)–C–C–N with tert-alkyl or cyclic N) is 1. The Morgan fingerprint density at radius 1 is 1.40 bits per heavy atom. The van der Waals surface area contributed by atoms with E-state index in [1.807, 2.05) is 0 Å². The summed E-state index contributed by atoms with van der Waals surface area (Å²) < 4.78 is 24.4. The van der Waals surface area contributed by atoms with Gasteiger partial charge in [0.05, 0.1) is 6.54 Å². The van der Waals surface area contributed by atoms with Crippen molar-refractivity contribution < 1.29 is 23.8 Å². The van der Waals surface area contributed by atoms with Crippen molar-refractivity contribution in [3.8, 4) is 5.75 Å². The van der Waals surface area contributed by atoms with Crippen LogP contribution in [0.25, 0.3) is 0 Å². The van der Waals surface area contributed by atoms with Gasteiger partial charge in [-0.05, 0) is 37.8 Å². The number of hydrogen-bond donors (Lipinski definition) is 1. The molecule has 2 aliphatic rings. The highest BCUT2D eigenvalue weighted by molar-refractivity contribution is 5.76. The number of carbonyl (C=O) groups excluding carboxylic acids is 1. The standard InChI is InChI=1S/C19H26FNO4/c1-19(23)13-21(18(22)11-14-6-9-24-10-7-14)8-5-17(19)25-16-4-2-3-15(20)12-16/h2-4,12,14,17,23H,5-11,13H2,1H3/t17-,19-/m0/s1. The lowest BCUT2D eigenvalue weighted by Crippen LogP contribution is -2.58. The van der Waals surface area contributed by atoms with E-state index in [1.54, 1.807) is 24.0 Å². The van der Waals surface area contributed by atoms with Crippen LogP contribution < -0.4 is 4.74 Å². The maximum Gasteiger partial charge on any atom is 0.222 e. The van der Waals surface area contributed by atoms with Gasteiger partial charge in [-0.2, -0.15) is 0 Å². The molecule has 0 saturated carbocycles. The highest BCUT2D eigenvalue weighted by Gasteiger charge is 2.41. The highest BCUT2D eigenvalue weighted by Crippen LogP contribution is 2.28. The number of hydrogen-bond acceptors (Lipinski definition) is 4. The Morgan fingerprint density at radius 2 is 2.16 bits per heavy atom. The summed E-state index contributed by atoms with van der Waals surface area (Å²) in [6, 6.07) is 5.90. The lowest BCUT2D eigenvalue weighted by molar-refractivity contribution is -0.147. The molecule has 0 spiro atoms. The van der Waals surface area contributed by atoms with Gasteiger partial charge < -0.3 is 19.5 Å². The molecule has 5 nitrogen and oxygen atoms in total. The molecule has 2 aliphatic heterocycles. The van der Waals surface area contributed by atoms with Crippen molar-refractivity contribution in [3.05, 3.63) is 30.1 Å². The van der Waals surface area contributed by atoms with Gasteiger partial charge in [0.1, 0.15) is 23.3 Å². The van der Waals surface area contributed by atoms with Crippen LogP contribution in [0.4, 0.5) is 4.39 Å². The zero-order valence-electron chi connectivity index (χ0n) is 14.6. The topological polar surface area (TPSA) is 59.0 Å². The van der Waals surface area contributed by atoms with Gasteiger partial charge in [0, 0.05) is 38.7 Å². The zero-order chi connectivity index (χ0) is 17.9. The van der Waals surface area contributed by atoms with Crippen LogP contribution in [0, 0.1) is 11.7 Å². The van der Waals surface area contributed by atoms with Crippen molar-refractivity contribution in [2.45, 2.75) is 44.3 Å². The first kappa shape index (κ1) is 18.1. The molecule has 0 unspecified atom stereocenters. The van der Waals surface area contributed by atoms with Gasteiger partial charge in [0.2, 0.25) is 5.91 Å². The van der Waals surface area contributed by atoms with E-state index in [0.717, 1.165) is 26.1 Å². The summed E-state index contributed by atoms with van der Waals surface area (Å²) >= 11 is 0. The van der Waals surface area contributed by atoms with Crippen LogP contribution in [-0.4, -0.2) is 53.9 Å². The lowest BCUT2D eigenvalue weighted by Gasteiger charge is -2.43. The molecule has 0 radical (unpaired) electrons. The number of halogens is 1. The smallest absolute Gasteiger partial charge is 0.222 e. The molecule has 2 saturated heterocycles. The lowest BCUT2D eigenvalue weighted by atomic mass is 9.90. The van der Waals surface area contributed by atoms with Gasteiger partial charge in [-0.15, -0.1) is 0 Å². The third-order valence-electron chi connectivity index (χ3n) is 5.10. The summed E-state index contributed by atoms with van der Waals surface area (Å²) in [6.45, 7) is 3.89. The minimum atomic E-state index is -1.17. The molecule has 1 amide bonds. The van der Waals surface area contributed by atoms with Crippen LogP contribution in [-0.2, 0) is 9.53 Å². The maximum atomic E-state index is 13.3. The van der Waals surface area contributed by atoms with E-state index in [2.05, 4.69) is 0 Å². The molecule has 6 heteroatoms. The summed E-state index contributed by atoms with van der Waals surface area (Å²) in [7, 11) is 0. The molecule has 138 valence electrons. The molecule has 2 heterocycles. The molecule has 0 aromatic heterocycles. The minimum Gasteiger partial charge on any atom is -0.487 e. The summed E-state index contributed by atoms with van der Waals surface area (Å²) in [5, 5.41) is 10.8. The number of carbonyl (C=O) groups is 1. The van der Waals surface area contributed by atoms with Crippen molar-refractivity contribution in [3.63, 3.8) is 0 Å². The first-order chi connectivity index (χ1) is 11.9. The molecule has 1 aromatic rings. The quantitative estimate of drug-likeness (QED) is 0.905. The third-order valence-corrected chi connectivity index (χ3v) is 5.10. The Morgan fingerprint density at radius 3 is 2.84 bits per heavy atom. The van der Waals surface area contributed by atoms with E-state index in [9.17, 15) is 14.3 Å². The van der Waals surface area contributed by atoms with E-state index in [4.69, 9.17) is 9.47 Å². The Balaban J connectivity index is 1.56. The fourth-order valence-corrected chi connectivity index (χ4v) is 3.58. The van der Waals surface area contributed by atoms with E-state index in [-0.39, 0.29) is 18.3 Å². The summed E-state index contributed by atoms with van der Waals surface area (Å²) in [5.74, 6) is 0.470. The average Bonchev–Trinajstić information content (AvgIpc) is 2.57. The van der Waals surface area contributed by atoms with E-state index < -0.39 is 11.7 Å². The maximum absolute atomic E-state index is 13.3. The predicted molar refractivity (Wildman–Crippen MR) is 90.8 cm³/mol. The van der Waals surface area contributed by atoms with E-state index in [1.165, 1.54) is 12.1 Å². The first-order valence-electron chi connectivity index (χ1n) is 8.94. The molecular weight excluding hydrogens is 325 g/mol. The molecule has 1 aromatic carbocycles. The minimum absolute atomic E-state index is 0.0800. The number of rotatable bonds is 4. The van der Waals surface area contributed by atoms with Crippen molar-refractivity contribution in [1.29, 1.82) is 0 Å². The van der Waals surface area contributed by atoms with Crippen LogP contribution in [0.5, 0.6) is 5.75 Å². The average molecular weight is 351 g/mol. The normalized spacial score (nSPS) is 28.0. The number of nitrogens with zero attached hydrogens (tertiary/aromatic N) is 1. The predicted octanol–water partition coefficient (Wildman–Crippen LogP) is 2.37. The first-order valence-corrected chi connectivity index (χ1v) is 8.94. The Bertz CT molecular complexity index is 601. The van der Waals surface area contributed by atoms with Crippen LogP contribution in [0.2, 0.25) is 0 Å². The van der Waals surface area contributed by atoms with Gasteiger partial charge in [0.15, 0.2) is 0 Å². The van der Waals surface area contributed by atoms with Gasteiger partial charge in [-0.1, -0.05) is 6.07 Å². The molecule has 25 heavy (non-hydrogen) atoms. The number of likely N-dealkylation sites (tertiary alicyclic amines) is 1. The highest BCUT2D eigenvalue weighted by atomic mass is 19.1. The van der Waals surface area contributed by atoms with Gasteiger partial charge in [-0.3, -0.25) is 4.79 Å².